The first-order valence-electron chi connectivity index (χ1n) is 9.94. The Morgan fingerprint density at radius 3 is 2.29 bits per heavy atom. The number of nitriles is 1. The predicted octanol–water partition coefficient (Wildman–Crippen LogP) is 5.23. The number of Topliss-reactive ketones (excluding diaryl/α,β-unsaturated/α-hetero) is 1. The molecular weight excluding hydrogens is 386 g/mol. The lowest BCUT2D eigenvalue weighted by Gasteiger charge is -2.16. The predicted molar refractivity (Wildman–Crippen MR) is 121 cm³/mol. The molecule has 5 heteroatoms. The fourth-order valence-corrected chi connectivity index (χ4v) is 3.52. The van der Waals surface area contributed by atoms with Gasteiger partial charge >= 0.3 is 0 Å². The number of fused-ring (bicyclic) bond motifs is 1. The molecule has 0 bridgehead atoms. The van der Waals surface area contributed by atoms with Gasteiger partial charge in [-0.3, -0.25) is 9.59 Å². The van der Waals surface area contributed by atoms with Crippen molar-refractivity contribution < 1.29 is 9.59 Å². The van der Waals surface area contributed by atoms with Crippen molar-refractivity contribution in [2.75, 3.05) is 5.32 Å². The number of carbonyl (C=O) groups excluding carboxylic acids is 2. The molecule has 2 aromatic heterocycles. The molecule has 2 aromatic carbocycles. The van der Waals surface area contributed by atoms with E-state index in [9.17, 15) is 14.9 Å². The highest BCUT2D eigenvalue weighted by atomic mass is 16.2. The fraction of sp³-hybridized carbons (Fsp3) is 0.115. The zero-order chi connectivity index (χ0) is 22.0. The molecule has 0 radical (unpaired) electrons. The monoisotopic (exact) mass is 407 g/mol. The topological polar surface area (TPSA) is 74.4 Å². The summed E-state index contributed by atoms with van der Waals surface area (Å²) in [5.74, 6) is -1.33. The van der Waals surface area contributed by atoms with Crippen LogP contribution in [0.1, 0.15) is 29.9 Å². The lowest BCUT2D eigenvalue weighted by atomic mass is 9.86. The first-order valence-corrected chi connectivity index (χ1v) is 9.94. The highest BCUT2D eigenvalue weighted by Crippen LogP contribution is 2.29. The van der Waals surface area contributed by atoms with Crippen LogP contribution >= 0.6 is 0 Å². The van der Waals surface area contributed by atoms with Crippen LogP contribution in [0.4, 0.5) is 5.69 Å². The van der Waals surface area contributed by atoms with Gasteiger partial charge in [0.15, 0.2) is 0 Å². The number of anilines is 1. The fourth-order valence-electron chi connectivity index (χ4n) is 3.52. The normalized spacial score (nSPS) is 11.1. The Bertz CT molecular complexity index is 1310. The second-order valence-corrected chi connectivity index (χ2v) is 7.87. The minimum absolute atomic E-state index is 0.321. The molecule has 5 nitrogen and oxygen atoms in total. The molecule has 4 rings (SSSR count). The Labute approximate surface area is 180 Å². The van der Waals surface area contributed by atoms with Crippen LogP contribution in [0, 0.1) is 11.3 Å². The summed E-state index contributed by atoms with van der Waals surface area (Å²) in [4.78, 5) is 26.1. The minimum atomic E-state index is -0.715. The van der Waals surface area contributed by atoms with Gasteiger partial charge in [0.05, 0.1) is 11.5 Å². The van der Waals surface area contributed by atoms with Crippen LogP contribution in [0.25, 0.3) is 16.6 Å². The van der Waals surface area contributed by atoms with Gasteiger partial charge in [0.25, 0.3) is 11.7 Å². The van der Waals surface area contributed by atoms with E-state index in [1.165, 1.54) is 0 Å². The van der Waals surface area contributed by atoms with E-state index in [0.717, 1.165) is 16.6 Å². The maximum Gasteiger partial charge on any atom is 0.298 e. The quantitative estimate of drug-likeness (QED) is 0.364. The molecule has 0 fully saturated rings. The van der Waals surface area contributed by atoms with Crippen LogP contribution in [0.5, 0.6) is 0 Å². The van der Waals surface area contributed by atoms with E-state index in [1.807, 2.05) is 68.4 Å². The van der Waals surface area contributed by atoms with Crippen molar-refractivity contribution in [3.05, 3.63) is 96.3 Å². The van der Waals surface area contributed by atoms with Gasteiger partial charge in [0.2, 0.25) is 0 Å². The number of nitrogens with zero attached hydrogens (tertiary/aromatic N) is 2. The zero-order valence-corrected chi connectivity index (χ0v) is 17.3. The highest BCUT2D eigenvalue weighted by Gasteiger charge is 2.25. The Balaban J connectivity index is 1.67. The SMILES string of the molecule is CC(C)(C#N)c1ccc(NC(=O)C(=O)c2c(-c3ccccc3)cc3ccccn23)cc1. The molecule has 152 valence electrons. The number of benzene rings is 2. The van der Waals surface area contributed by atoms with Crippen molar-refractivity contribution in [2.45, 2.75) is 19.3 Å². The second-order valence-electron chi connectivity index (χ2n) is 7.87. The van der Waals surface area contributed by atoms with Crippen molar-refractivity contribution in [3.8, 4) is 17.2 Å². The summed E-state index contributed by atoms with van der Waals surface area (Å²) in [5, 5.41) is 12.0. The van der Waals surface area contributed by atoms with E-state index >= 15 is 0 Å². The average Bonchev–Trinajstić information content (AvgIpc) is 3.19. The Morgan fingerprint density at radius 1 is 0.935 bits per heavy atom. The number of aromatic nitrogens is 1. The molecule has 31 heavy (non-hydrogen) atoms. The molecule has 4 aromatic rings. The van der Waals surface area contributed by atoms with Gasteiger partial charge in [-0.1, -0.05) is 48.5 Å². The van der Waals surface area contributed by atoms with E-state index < -0.39 is 17.1 Å². The standard InChI is InChI=1S/C26H21N3O2/c1-26(2,17-27)19-11-13-20(14-12-19)28-25(31)24(30)23-22(18-8-4-3-5-9-18)16-21-10-6-7-15-29(21)23/h3-16H,1-2H3,(H,28,31). The summed E-state index contributed by atoms with van der Waals surface area (Å²) >= 11 is 0. The van der Waals surface area contributed by atoms with Gasteiger partial charge in [0.1, 0.15) is 5.69 Å². The van der Waals surface area contributed by atoms with Crippen LogP contribution in [0.3, 0.4) is 0 Å². The summed E-state index contributed by atoms with van der Waals surface area (Å²) in [6.45, 7) is 3.65. The van der Waals surface area contributed by atoms with Crippen LogP contribution in [-0.4, -0.2) is 16.1 Å². The first-order chi connectivity index (χ1) is 14.9. The number of pyridine rings is 1. The number of carbonyl (C=O) groups is 2. The van der Waals surface area contributed by atoms with Crippen LogP contribution < -0.4 is 5.32 Å². The highest BCUT2D eigenvalue weighted by molar-refractivity contribution is 6.47. The molecule has 0 aliphatic carbocycles. The largest absolute Gasteiger partial charge is 0.319 e. The van der Waals surface area contributed by atoms with E-state index in [2.05, 4.69) is 11.4 Å². The number of hydrogen-bond acceptors (Lipinski definition) is 3. The van der Waals surface area contributed by atoms with Gasteiger partial charge in [-0.05, 0) is 55.3 Å². The first kappa shape index (κ1) is 20.1. The van der Waals surface area contributed by atoms with Gasteiger partial charge < -0.3 is 9.72 Å². The molecule has 0 unspecified atom stereocenters. The molecule has 2 heterocycles. The molecule has 0 spiro atoms. The summed E-state index contributed by atoms with van der Waals surface area (Å²) in [6.07, 6.45) is 1.78. The van der Waals surface area contributed by atoms with Crippen LogP contribution in [-0.2, 0) is 10.2 Å². The average molecular weight is 407 g/mol. The van der Waals surface area contributed by atoms with Gasteiger partial charge in [-0.25, -0.2) is 0 Å². The number of hydrogen-bond donors (Lipinski definition) is 1. The molecule has 0 atom stereocenters. The number of amides is 1. The summed E-state index contributed by atoms with van der Waals surface area (Å²) in [5.41, 5.74) is 3.43. The van der Waals surface area contributed by atoms with Crippen LogP contribution in [0.15, 0.2) is 85.1 Å². The van der Waals surface area contributed by atoms with E-state index in [4.69, 9.17) is 0 Å². The number of rotatable bonds is 5. The van der Waals surface area contributed by atoms with Crippen molar-refractivity contribution in [3.63, 3.8) is 0 Å². The third-order valence-electron chi connectivity index (χ3n) is 5.33. The Morgan fingerprint density at radius 2 is 1.61 bits per heavy atom. The van der Waals surface area contributed by atoms with Gasteiger partial charge in [-0.2, -0.15) is 5.26 Å². The zero-order valence-electron chi connectivity index (χ0n) is 17.3. The van der Waals surface area contributed by atoms with E-state index in [1.54, 1.807) is 34.9 Å². The third-order valence-corrected chi connectivity index (χ3v) is 5.33. The number of ketones is 1. The molecule has 0 aliphatic heterocycles. The third kappa shape index (κ3) is 3.84. The van der Waals surface area contributed by atoms with Gasteiger partial charge in [0, 0.05) is 23.0 Å². The summed E-state index contributed by atoms with van der Waals surface area (Å²) in [6, 6.07) is 26.3. The smallest absolute Gasteiger partial charge is 0.298 e. The second kappa shape index (κ2) is 7.92. The van der Waals surface area contributed by atoms with Crippen molar-refractivity contribution in [1.82, 2.24) is 4.40 Å². The van der Waals surface area contributed by atoms with Crippen molar-refractivity contribution in [2.24, 2.45) is 0 Å². The summed E-state index contributed by atoms with van der Waals surface area (Å²) in [7, 11) is 0. The lowest BCUT2D eigenvalue weighted by molar-refractivity contribution is -0.112. The molecule has 1 amide bonds. The summed E-state index contributed by atoms with van der Waals surface area (Å²) < 4.78 is 1.74. The Kier molecular flexibility index (Phi) is 5.14. The molecule has 1 N–H and O–H groups in total. The lowest BCUT2D eigenvalue weighted by Crippen LogP contribution is -2.24. The van der Waals surface area contributed by atoms with Gasteiger partial charge in [-0.15, -0.1) is 0 Å². The maximum absolute atomic E-state index is 13.2. The van der Waals surface area contributed by atoms with Crippen molar-refractivity contribution in [1.29, 1.82) is 5.26 Å². The van der Waals surface area contributed by atoms with Crippen molar-refractivity contribution >= 4 is 22.9 Å². The maximum atomic E-state index is 13.2. The molecule has 0 saturated carbocycles. The minimum Gasteiger partial charge on any atom is -0.319 e. The Hall–Kier alpha value is -4.17. The van der Waals surface area contributed by atoms with Crippen LogP contribution in [0.2, 0.25) is 0 Å². The van der Waals surface area contributed by atoms with E-state index in [0.29, 0.717) is 16.9 Å². The molecular formula is C26H21N3O2. The van der Waals surface area contributed by atoms with E-state index in [-0.39, 0.29) is 0 Å². The molecule has 0 saturated heterocycles. The molecule has 0 aliphatic rings. The number of nitrogens with one attached hydrogen (secondary N) is 1.